The number of aromatic nitrogens is 2. The minimum atomic E-state index is -0.993. The van der Waals surface area contributed by atoms with Gasteiger partial charge in [-0.15, -0.1) is 0 Å². The molecule has 0 radical (unpaired) electrons. The Balaban J connectivity index is 3.11. The van der Waals surface area contributed by atoms with Crippen molar-refractivity contribution < 1.29 is 14.6 Å². The lowest BCUT2D eigenvalue weighted by atomic mass is 10.1. The zero-order chi connectivity index (χ0) is 10.7. The maximum absolute atomic E-state index is 10.7. The fraction of sp³-hybridized carbons (Fsp3) is 0.375. The lowest BCUT2D eigenvalue weighted by Crippen LogP contribution is -2.11. The highest BCUT2D eigenvalue weighted by molar-refractivity contribution is 6.31. The zero-order valence-electron chi connectivity index (χ0n) is 7.69. The fourth-order valence-electron chi connectivity index (χ4n) is 0.882. The number of nitrogens with zero attached hydrogens (tertiary/aromatic N) is 2. The summed E-state index contributed by atoms with van der Waals surface area (Å²) in [4.78, 5) is 18.3. The van der Waals surface area contributed by atoms with Crippen molar-refractivity contribution in [2.45, 2.75) is 12.8 Å². The molecular formula is C8H9ClN2O3. The molecule has 0 spiro atoms. The molecule has 0 fully saturated rings. The molecule has 0 amide bonds. The molecule has 1 N–H and O–H groups in total. The standard InChI is InChI=1S/C8H9ClN2O3/c1-4(7(12)13)6-5(9)3-10-8(11-6)14-2/h3-4H,1-2H3,(H,12,13). The molecule has 76 valence electrons. The largest absolute Gasteiger partial charge is 0.481 e. The highest BCUT2D eigenvalue weighted by atomic mass is 35.5. The van der Waals surface area contributed by atoms with Crippen LogP contribution in [0, 0.1) is 0 Å². The number of carboxylic acids is 1. The lowest BCUT2D eigenvalue weighted by Gasteiger charge is -2.08. The van der Waals surface area contributed by atoms with Gasteiger partial charge in [0.15, 0.2) is 0 Å². The number of halogens is 1. The van der Waals surface area contributed by atoms with Gasteiger partial charge < -0.3 is 9.84 Å². The third-order valence-electron chi connectivity index (χ3n) is 1.71. The monoisotopic (exact) mass is 216 g/mol. The molecule has 0 aliphatic rings. The number of ether oxygens (including phenoxy) is 1. The number of rotatable bonds is 3. The number of aliphatic carboxylic acids is 1. The smallest absolute Gasteiger partial charge is 0.316 e. The summed E-state index contributed by atoms with van der Waals surface area (Å²) < 4.78 is 4.77. The van der Waals surface area contributed by atoms with Crippen molar-refractivity contribution in [1.29, 1.82) is 0 Å². The van der Waals surface area contributed by atoms with Crippen molar-refractivity contribution in [3.63, 3.8) is 0 Å². The Kier molecular flexibility index (Phi) is 3.24. The van der Waals surface area contributed by atoms with Gasteiger partial charge in [-0.3, -0.25) is 4.79 Å². The molecule has 14 heavy (non-hydrogen) atoms. The van der Waals surface area contributed by atoms with Crippen LogP contribution in [-0.4, -0.2) is 28.2 Å². The van der Waals surface area contributed by atoms with Crippen LogP contribution in [0.2, 0.25) is 5.02 Å². The lowest BCUT2D eigenvalue weighted by molar-refractivity contribution is -0.138. The minimum absolute atomic E-state index is 0.109. The average molecular weight is 217 g/mol. The van der Waals surface area contributed by atoms with Gasteiger partial charge in [-0.1, -0.05) is 11.6 Å². The summed E-state index contributed by atoms with van der Waals surface area (Å²) in [5.74, 6) is -1.77. The van der Waals surface area contributed by atoms with Gasteiger partial charge in [-0.2, -0.15) is 4.98 Å². The Labute approximate surface area is 85.7 Å². The second-order valence-corrected chi connectivity index (χ2v) is 3.06. The molecule has 0 aliphatic heterocycles. The summed E-state index contributed by atoms with van der Waals surface area (Å²) in [5, 5.41) is 8.99. The van der Waals surface area contributed by atoms with Crippen molar-refractivity contribution in [1.82, 2.24) is 9.97 Å². The van der Waals surface area contributed by atoms with Crippen molar-refractivity contribution >= 4 is 17.6 Å². The Hall–Kier alpha value is -1.36. The highest BCUT2D eigenvalue weighted by Crippen LogP contribution is 2.23. The summed E-state index contributed by atoms with van der Waals surface area (Å²) >= 11 is 5.75. The van der Waals surface area contributed by atoms with Crippen LogP contribution in [0.15, 0.2) is 6.20 Å². The number of carboxylic acid groups (broad SMARTS) is 1. The van der Waals surface area contributed by atoms with Crippen LogP contribution in [0.3, 0.4) is 0 Å². The number of carbonyl (C=O) groups is 1. The first-order chi connectivity index (χ1) is 6.56. The fourth-order valence-corrected chi connectivity index (χ4v) is 1.14. The molecule has 6 heteroatoms. The first-order valence-electron chi connectivity index (χ1n) is 3.85. The quantitative estimate of drug-likeness (QED) is 0.825. The molecule has 1 aromatic heterocycles. The van der Waals surface area contributed by atoms with E-state index >= 15 is 0 Å². The van der Waals surface area contributed by atoms with E-state index in [0.717, 1.165) is 0 Å². The predicted molar refractivity (Wildman–Crippen MR) is 49.6 cm³/mol. The van der Waals surface area contributed by atoms with Crippen LogP contribution in [0.4, 0.5) is 0 Å². The molecule has 1 rings (SSSR count). The maximum Gasteiger partial charge on any atom is 0.316 e. The second kappa shape index (κ2) is 4.23. The van der Waals surface area contributed by atoms with E-state index in [1.165, 1.54) is 20.2 Å². The molecule has 1 heterocycles. The molecule has 1 atom stereocenters. The van der Waals surface area contributed by atoms with E-state index in [1.807, 2.05) is 0 Å². The first-order valence-corrected chi connectivity index (χ1v) is 4.23. The first kappa shape index (κ1) is 10.7. The predicted octanol–water partition coefficient (Wildman–Crippen LogP) is 1.33. The molecule has 1 unspecified atom stereocenters. The number of methoxy groups -OCH3 is 1. The van der Waals surface area contributed by atoms with Gasteiger partial charge in [-0.05, 0) is 6.92 Å². The number of hydrogen-bond acceptors (Lipinski definition) is 4. The van der Waals surface area contributed by atoms with E-state index in [0.29, 0.717) is 0 Å². The van der Waals surface area contributed by atoms with Crippen molar-refractivity contribution in [2.75, 3.05) is 7.11 Å². The number of hydrogen-bond donors (Lipinski definition) is 1. The molecule has 1 aromatic rings. The average Bonchev–Trinajstić information content (AvgIpc) is 2.17. The molecule has 0 bridgehead atoms. The SMILES string of the molecule is COc1ncc(Cl)c(C(C)C(=O)O)n1. The van der Waals surface area contributed by atoms with Gasteiger partial charge in [0.1, 0.15) is 0 Å². The van der Waals surface area contributed by atoms with Crippen LogP contribution >= 0.6 is 11.6 Å². The summed E-state index contributed by atoms with van der Waals surface area (Å²) in [6.45, 7) is 1.50. The molecule has 0 aromatic carbocycles. The van der Waals surface area contributed by atoms with Crippen LogP contribution in [-0.2, 0) is 4.79 Å². The summed E-state index contributed by atoms with van der Waals surface area (Å²) in [6, 6.07) is 0.109. The summed E-state index contributed by atoms with van der Waals surface area (Å²) in [5.41, 5.74) is 0.256. The van der Waals surface area contributed by atoms with Gasteiger partial charge in [0, 0.05) is 0 Å². The molecule has 0 aliphatic carbocycles. The molecular weight excluding hydrogens is 208 g/mol. The van der Waals surface area contributed by atoms with Crippen LogP contribution in [0.5, 0.6) is 6.01 Å². The van der Waals surface area contributed by atoms with E-state index in [1.54, 1.807) is 0 Å². The van der Waals surface area contributed by atoms with E-state index < -0.39 is 11.9 Å². The Morgan fingerprint density at radius 2 is 2.36 bits per heavy atom. The topological polar surface area (TPSA) is 72.3 Å². The van der Waals surface area contributed by atoms with Gasteiger partial charge in [0.05, 0.1) is 29.9 Å². The second-order valence-electron chi connectivity index (χ2n) is 2.65. The van der Waals surface area contributed by atoms with Crippen molar-refractivity contribution in [3.05, 3.63) is 16.9 Å². The van der Waals surface area contributed by atoms with Gasteiger partial charge >= 0.3 is 12.0 Å². The van der Waals surface area contributed by atoms with E-state index in [-0.39, 0.29) is 16.7 Å². The normalized spacial score (nSPS) is 12.2. The van der Waals surface area contributed by atoms with Crippen molar-refractivity contribution in [3.8, 4) is 6.01 Å². The Morgan fingerprint density at radius 1 is 1.71 bits per heavy atom. The highest BCUT2D eigenvalue weighted by Gasteiger charge is 2.19. The third-order valence-corrected chi connectivity index (χ3v) is 2.00. The van der Waals surface area contributed by atoms with E-state index in [4.69, 9.17) is 21.4 Å². The molecule has 5 nitrogen and oxygen atoms in total. The van der Waals surface area contributed by atoms with Crippen molar-refractivity contribution in [2.24, 2.45) is 0 Å². The van der Waals surface area contributed by atoms with Gasteiger partial charge in [0.2, 0.25) is 0 Å². The molecule has 0 saturated carbocycles. The van der Waals surface area contributed by atoms with Gasteiger partial charge in [0.25, 0.3) is 0 Å². The Morgan fingerprint density at radius 3 is 2.86 bits per heavy atom. The van der Waals surface area contributed by atoms with Crippen LogP contribution < -0.4 is 4.74 Å². The zero-order valence-corrected chi connectivity index (χ0v) is 8.45. The molecule has 0 saturated heterocycles. The Bertz CT molecular complexity index is 356. The van der Waals surface area contributed by atoms with Gasteiger partial charge in [-0.25, -0.2) is 4.98 Å². The third kappa shape index (κ3) is 2.11. The maximum atomic E-state index is 10.7. The summed E-state index contributed by atoms with van der Waals surface area (Å²) in [6.07, 6.45) is 1.32. The van der Waals surface area contributed by atoms with Crippen LogP contribution in [0.25, 0.3) is 0 Å². The minimum Gasteiger partial charge on any atom is -0.481 e. The van der Waals surface area contributed by atoms with E-state index in [9.17, 15) is 4.79 Å². The van der Waals surface area contributed by atoms with Crippen LogP contribution in [0.1, 0.15) is 18.5 Å². The summed E-state index contributed by atoms with van der Waals surface area (Å²) in [7, 11) is 1.40. The van der Waals surface area contributed by atoms with E-state index in [2.05, 4.69) is 9.97 Å².